The quantitative estimate of drug-likeness (QED) is 0.656. The van der Waals surface area contributed by atoms with Gasteiger partial charge in [0, 0.05) is 41.7 Å². The number of aliphatic imine (C=N–C) groups is 1. The Labute approximate surface area is 196 Å². The van der Waals surface area contributed by atoms with E-state index in [1.807, 2.05) is 39.1 Å². The lowest BCUT2D eigenvalue weighted by Crippen LogP contribution is -2.29. The molecule has 2 unspecified atom stereocenters. The molecule has 2 N–H and O–H groups in total. The molecule has 5 heteroatoms. The molecule has 2 aromatic rings. The van der Waals surface area contributed by atoms with Gasteiger partial charge in [-0.25, -0.2) is 0 Å². The summed E-state index contributed by atoms with van der Waals surface area (Å²) in [4.78, 5) is 33.4. The van der Waals surface area contributed by atoms with Crippen molar-refractivity contribution >= 4 is 17.7 Å². The molecule has 1 fully saturated rings. The van der Waals surface area contributed by atoms with E-state index in [1.165, 1.54) is 31.2 Å². The van der Waals surface area contributed by atoms with Crippen molar-refractivity contribution in [1.82, 2.24) is 10.3 Å². The van der Waals surface area contributed by atoms with Crippen molar-refractivity contribution in [3.05, 3.63) is 74.2 Å². The molecular formula is C28H35N3O2. The van der Waals surface area contributed by atoms with Crippen LogP contribution in [-0.2, 0) is 6.54 Å². The summed E-state index contributed by atoms with van der Waals surface area (Å²) in [5.74, 6) is 1.32. The second-order valence-electron chi connectivity index (χ2n) is 9.92. The minimum Gasteiger partial charge on any atom is -0.348 e. The van der Waals surface area contributed by atoms with E-state index in [9.17, 15) is 9.59 Å². The number of allylic oxidation sites excluding steroid dienone is 1. The second-order valence-corrected chi connectivity index (χ2v) is 9.92. The minimum atomic E-state index is -0.188. The molecule has 4 rings (SSSR count). The summed E-state index contributed by atoms with van der Waals surface area (Å²) in [7, 11) is 0. The summed E-state index contributed by atoms with van der Waals surface area (Å²) in [5.41, 5.74) is 6.72. The summed E-state index contributed by atoms with van der Waals surface area (Å²) in [6, 6.07) is 6.04. The maximum atomic E-state index is 13.4. The van der Waals surface area contributed by atoms with Crippen LogP contribution in [0.5, 0.6) is 0 Å². The number of carbonyl (C=O) groups excluding carboxylic acids is 1. The third kappa shape index (κ3) is 4.73. The van der Waals surface area contributed by atoms with E-state index in [1.54, 1.807) is 0 Å². The van der Waals surface area contributed by atoms with Gasteiger partial charge in [-0.1, -0.05) is 50.8 Å². The van der Waals surface area contributed by atoms with Gasteiger partial charge < -0.3 is 10.3 Å². The highest BCUT2D eigenvalue weighted by Crippen LogP contribution is 2.42. The summed E-state index contributed by atoms with van der Waals surface area (Å²) in [6.45, 7) is 13.1. The number of aromatic nitrogens is 1. The van der Waals surface area contributed by atoms with Gasteiger partial charge >= 0.3 is 0 Å². The first-order valence-electron chi connectivity index (χ1n) is 12.1. The highest BCUT2D eigenvalue weighted by molar-refractivity contribution is 6.04. The van der Waals surface area contributed by atoms with Gasteiger partial charge in [0.2, 0.25) is 0 Å². The Kier molecular flexibility index (Phi) is 6.68. The first-order valence-corrected chi connectivity index (χ1v) is 12.1. The average molecular weight is 446 g/mol. The normalized spacial score (nSPS) is 20.4. The van der Waals surface area contributed by atoms with Gasteiger partial charge in [0.05, 0.1) is 0 Å². The first kappa shape index (κ1) is 23.2. The Morgan fingerprint density at radius 3 is 2.61 bits per heavy atom. The largest absolute Gasteiger partial charge is 0.348 e. The lowest BCUT2D eigenvalue weighted by molar-refractivity contribution is 0.0950. The van der Waals surface area contributed by atoms with E-state index in [0.717, 1.165) is 34.5 Å². The van der Waals surface area contributed by atoms with Crippen LogP contribution >= 0.6 is 0 Å². The van der Waals surface area contributed by atoms with Gasteiger partial charge in [0.1, 0.15) is 0 Å². The molecule has 174 valence electrons. The van der Waals surface area contributed by atoms with Gasteiger partial charge in [0.15, 0.2) is 0 Å². The van der Waals surface area contributed by atoms with Crippen LogP contribution in [0.2, 0.25) is 0 Å². The van der Waals surface area contributed by atoms with Gasteiger partial charge in [-0.3, -0.25) is 14.6 Å². The standard InChI is InChI=1S/C28H35N3O2/c1-16(2)21-11-22-19(5)25(20-8-6-7-9-20)13-29-14-26(22)23(12-21)27(32)30-15-24-17(3)10-18(4)31-28(24)33/h10-12,14,19-20,25H,1,6-9,13,15H2,2-5H3,(H,30,32)(H,31,33). The number of benzene rings is 1. The topological polar surface area (TPSA) is 74.3 Å². The zero-order chi connectivity index (χ0) is 23.7. The predicted molar refractivity (Wildman–Crippen MR) is 135 cm³/mol. The number of amides is 1. The first-order chi connectivity index (χ1) is 15.8. The number of carbonyl (C=O) groups is 1. The molecule has 2 aliphatic rings. The van der Waals surface area contributed by atoms with Crippen molar-refractivity contribution in [2.45, 2.75) is 65.8 Å². The van der Waals surface area contributed by atoms with Crippen molar-refractivity contribution < 1.29 is 4.79 Å². The zero-order valence-corrected chi connectivity index (χ0v) is 20.3. The van der Waals surface area contributed by atoms with E-state index >= 15 is 0 Å². The molecule has 1 saturated carbocycles. The van der Waals surface area contributed by atoms with Crippen LogP contribution in [0.15, 0.2) is 34.6 Å². The highest BCUT2D eigenvalue weighted by atomic mass is 16.1. The van der Waals surface area contributed by atoms with Crippen LogP contribution in [0, 0.1) is 25.7 Å². The van der Waals surface area contributed by atoms with Crippen LogP contribution in [0.25, 0.3) is 5.57 Å². The lowest BCUT2D eigenvalue weighted by atomic mass is 9.76. The molecule has 2 atom stereocenters. The van der Waals surface area contributed by atoms with Crippen LogP contribution < -0.4 is 10.9 Å². The molecular weight excluding hydrogens is 410 g/mol. The van der Waals surface area contributed by atoms with Gasteiger partial charge in [0.25, 0.3) is 11.5 Å². The number of aryl methyl sites for hydroxylation is 2. The Balaban J connectivity index is 1.68. The fraction of sp³-hybridized carbons (Fsp3) is 0.464. The number of pyridine rings is 1. The van der Waals surface area contributed by atoms with Crippen molar-refractivity contribution in [1.29, 1.82) is 0 Å². The van der Waals surface area contributed by atoms with Crippen LogP contribution in [0.1, 0.15) is 89.3 Å². The molecule has 0 bridgehead atoms. The van der Waals surface area contributed by atoms with Gasteiger partial charge in [-0.15, -0.1) is 0 Å². The molecule has 0 radical (unpaired) electrons. The SMILES string of the molecule is C=C(C)c1cc(C(=O)NCc2c(C)cc(C)[nH]c2=O)c2c(c1)C(C)C(C1CCCC1)CN=C2. The molecule has 2 heterocycles. The number of H-pyrrole nitrogens is 1. The molecule has 0 saturated heterocycles. The van der Waals surface area contributed by atoms with Crippen molar-refractivity contribution in [2.75, 3.05) is 6.54 Å². The summed E-state index contributed by atoms with van der Waals surface area (Å²) in [5, 5.41) is 2.98. The summed E-state index contributed by atoms with van der Waals surface area (Å²) < 4.78 is 0. The molecule has 33 heavy (non-hydrogen) atoms. The Hall–Kier alpha value is -2.95. The molecule has 1 aromatic heterocycles. The molecule has 1 aromatic carbocycles. The molecule has 1 amide bonds. The Morgan fingerprint density at radius 1 is 1.21 bits per heavy atom. The predicted octanol–water partition coefficient (Wildman–Crippen LogP) is 5.30. The number of hydrogen-bond donors (Lipinski definition) is 2. The van der Waals surface area contributed by atoms with Gasteiger partial charge in [-0.05, 0) is 67.3 Å². The van der Waals surface area contributed by atoms with Crippen LogP contribution in [-0.4, -0.2) is 23.7 Å². The summed E-state index contributed by atoms with van der Waals surface area (Å²) >= 11 is 0. The van der Waals surface area contributed by atoms with E-state index in [-0.39, 0.29) is 18.0 Å². The fourth-order valence-electron chi connectivity index (χ4n) is 5.59. The van der Waals surface area contributed by atoms with E-state index in [4.69, 9.17) is 4.99 Å². The third-order valence-corrected chi connectivity index (χ3v) is 7.54. The maximum absolute atomic E-state index is 13.4. The molecule has 0 spiro atoms. The fourth-order valence-corrected chi connectivity index (χ4v) is 5.59. The Morgan fingerprint density at radius 2 is 1.94 bits per heavy atom. The minimum absolute atomic E-state index is 0.156. The van der Waals surface area contributed by atoms with Gasteiger partial charge in [-0.2, -0.15) is 0 Å². The monoisotopic (exact) mass is 445 g/mol. The molecule has 1 aliphatic carbocycles. The highest BCUT2D eigenvalue weighted by Gasteiger charge is 2.33. The zero-order valence-electron chi connectivity index (χ0n) is 20.3. The number of fused-ring (bicyclic) bond motifs is 1. The Bertz CT molecular complexity index is 1170. The smallest absolute Gasteiger partial charge is 0.253 e. The lowest BCUT2D eigenvalue weighted by Gasteiger charge is -2.28. The van der Waals surface area contributed by atoms with E-state index in [2.05, 4.69) is 29.9 Å². The molecule has 5 nitrogen and oxygen atoms in total. The van der Waals surface area contributed by atoms with Crippen molar-refractivity contribution in [3.63, 3.8) is 0 Å². The number of hydrogen-bond acceptors (Lipinski definition) is 3. The third-order valence-electron chi connectivity index (χ3n) is 7.54. The second kappa shape index (κ2) is 9.50. The maximum Gasteiger partial charge on any atom is 0.253 e. The van der Waals surface area contributed by atoms with Crippen molar-refractivity contribution in [2.24, 2.45) is 16.8 Å². The van der Waals surface area contributed by atoms with Crippen molar-refractivity contribution in [3.8, 4) is 0 Å². The summed E-state index contributed by atoms with van der Waals surface area (Å²) in [6.07, 6.45) is 7.06. The average Bonchev–Trinajstić information content (AvgIpc) is 3.24. The van der Waals surface area contributed by atoms with E-state index < -0.39 is 0 Å². The number of nitrogens with zero attached hydrogens (tertiary/aromatic N) is 1. The number of rotatable bonds is 5. The number of aromatic amines is 1. The van der Waals surface area contributed by atoms with Crippen LogP contribution in [0.4, 0.5) is 0 Å². The molecule has 1 aliphatic heterocycles. The number of nitrogens with one attached hydrogen (secondary N) is 2. The van der Waals surface area contributed by atoms with Crippen LogP contribution in [0.3, 0.4) is 0 Å². The van der Waals surface area contributed by atoms with E-state index in [0.29, 0.717) is 28.9 Å².